The number of benzene rings is 1. The highest BCUT2D eigenvalue weighted by Gasteiger charge is 2.43. The van der Waals surface area contributed by atoms with Gasteiger partial charge in [-0.1, -0.05) is 12.1 Å². The Morgan fingerprint density at radius 3 is 2.71 bits per heavy atom. The number of aliphatic hydroxyl groups excluding tert-OH is 1. The highest BCUT2D eigenvalue weighted by Crippen LogP contribution is 2.38. The van der Waals surface area contributed by atoms with E-state index in [0.717, 1.165) is 24.9 Å². The van der Waals surface area contributed by atoms with Crippen LogP contribution >= 0.6 is 0 Å². The van der Waals surface area contributed by atoms with E-state index in [-0.39, 0.29) is 24.5 Å². The van der Waals surface area contributed by atoms with Gasteiger partial charge in [-0.05, 0) is 36.5 Å². The number of rotatable bonds is 4. The van der Waals surface area contributed by atoms with Crippen molar-refractivity contribution in [2.75, 3.05) is 19.7 Å². The van der Waals surface area contributed by atoms with E-state index >= 15 is 0 Å². The number of aliphatic hydroxyl groups is 1. The lowest BCUT2D eigenvalue weighted by atomic mass is 10.00. The van der Waals surface area contributed by atoms with Crippen LogP contribution in [0.25, 0.3) is 0 Å². The maximum absolute atomic E-state index is 12.2. The highest BCUT2D eigenvalue weighted by molar-refractivity contribution is 5.78. The van der Waals surface area contributed by atoms with Gasteiger partial charge in [-0.15, -0.1) is 0 Å². The van der Waals surface area contributed by atoms with E-state index in [2.05, 4.69) is 0 Å². The molecule has 3 N–H and O–H groups in total. The van der Waals surface area contributed by atoms with Crippen molar-refractivity contribution in [3.8, 4) is 5.75 Å². The number of nitrogens with zero attached hydrogens (tertiary/aromatic N) is 1. The average Bonchev–Trinajstić information content (AvgIpc) is 3.08. The van der Waals surface area contributed by atoms with E-state index in [1.54, 1.807) is 0 Å². The van der Waals surface area contributed by atoms with Gasteiger partial charge in [-0.2, -0.15) is 0 Å². The first-order chi connectivity index (χ1) is 10.2. The Bertz CT molecular complexity index is 503. The number of carbonyl (C=O) groups is 1. The molecular weight excluding hydrogens is 268 g/mol. The third kappa shape index (κ3) is 3.04. The summed E-state index contributed by atoms with van der Waals surface area (Å²) >= 11 is 0. The molecule has 5 heteroatoms. The van der Waals surface area contributed by atoms with Crippen molar-refractivity contribution < 1.29 is 14.6 Å². The van der Waals surface area contributed by atoms with Crippen LogP contribution in [0.4, 0.5) is 0 Å². The molecule has 3 atom stereocenters. The van der Waals surface area contributed by atoms with Gasteiger partial charge in [0.2, 0.25) is 0 Å². The topological polar surface area (TPSA) is 75.8 Å². The predicted octanol–water partition coefficient (Wildman–Crippen LogP) is 0.753. The molecule has 1 saturated heterocycles. The number of likely N-dealkylation sites (tertiary alicyclic amines) is 1. The van der Waals surface area contributed by atoms with E-state index in [9.17, 15) is 9.90 Å². The Kier molecular flexibility index (Phi) is 4.12. The van der Waals surface area contributed by atoms with E-state index in [1.165, 1.54) is 0 Å². The van der Waals surface area contributed by atoms with Crippen LogP contribution in [0.15, 0.2) is 24.3 Å². The molecule has 114 valence electrons. The van der Waals surface area contributed by atoms with Crippen LogP contribution in [0.1, 0.15) is 18.4 Å². The van der Waals surface area contributed by atoms with Crippen molar-refractivity contribution in [3.63, 3.8) is 0 Å². The van der Waals surface area contributed by atoms with Gasteiger partial charge in [-0.25, -0.2) is 0 Å². The maximum atomic E-state index is 12.2. The van der Waals surface area contributed by atoms with E-state index in [4.69, 9.17) is 10.5 Å². The van der Waals surface area contributed by atoms with Crippen LogP contribution < -0.4 is 10.5 Å². The zero-order valence-corrected chi connectivity index (χ0v) is 12.1. The molecule has 1 amide bonds. The molecule has 1 heterocycles. The van der Waals surface area contributed by atoms with Gasteiger partial charge in [-0.3, -0.25) is 4.79 Å². The molecule has 1 aliphatic carbocycles. The quantitative estimate of drug-likeness (QED) is 0.858. The number of hydrogen-bond acceptors (Lipinski definition) is 4. The Balaban J connectivity index is 1.50. The minimum atomic E-state index is -0.238. The third-order valence-electron chi connectivity index (χ3n) is 4.69. The molecule has 1 aromatic carbocycles. The lowest BCUT2D eigenvalue weighted by molar-refractivity contribution is -0.132. The summed E-state index contributed by atoms with van der Waals surface area (Å²) < 4.78 is 5.53. The van der Waals surface area contributed by atoms with Gasteiger partial charge >= 0.3 is 0 Å². The summed E-state index contributed by atoms with van der Waals surface area (Å²) in [5.74, 6) is 1.41. The Hall–Kier alpha value is -1.59. The fourth-order valence-electron chi connectivity index (χ4n) is 3.40. The SMILES string of the molecule is NCc1ccc(OCC(=O)N2CC3CCC(O)C3C2)cc1. The summed E-state index contributed by atoms with van der Waals surface area (Å²) in [6.45, 7) is 1.98. The van der Waals surface area contributed by atoms with Gasteiger partial charge in [0.1, 0.15) is 5.75 Å². The molecule has 0 spiro atoms. The third-order valence-corrected chi connectivity index (χ3v) is 4.69. The molecule has 21 heavy (non-hydrogen) atoms. The molecule has 0 radical (unpaired) electrons. The lowest BCUT2D eigenvalue weighted by Crippen LogP contribution is -2.34. The second-order valence-electron chi connectivity index (χ2n) is 6.00. The first-order valence-corrected chi connectivity index (χ1v) is 7.55. The molecular formula is C16H22N2O3. The molecule has 1 aliphatic heterocycles. The van der Waals surface area contributed by atoms with E-state index < -0.39 is 0 Å². The molecule has 1 saturated carbocycles. The summed E-state index contributed by atoms with van der Waals surface area (Å²) in [6, 6.07) is 7.46. The number of fused-ring (bicyclic) bond motifs is 1. The number of amides is 1. The van der Waals surface area contributed by atoms with Crippen LogP contribution in [-0.2, 0) is 11.3 Å². The van der Waals surface area contributed by atoms with Crippen LogP contribution in [0.5, 0.6) is 5.75 Å². The fraction of sp³-hybridized carbons (Fsp3) is 0.562. The van der Waals surface area contributed by atoms with Crippen molar-refractivity contribution in [3.05, 3.63) is 29.8 Å². The van der Waals surface area contributed by atoms with Gasteiger partial charge in [0.15, 0.2) is 6.61 Å². The summed E-state index contributed by atoms with van der Waals surface area (Å²) in [5, 5.41) is 9.88. The first kappa shape index (κ1) is 14.4. The normalized spacial score (nSPS) is 27.7. The van der Waals surface area contributed by atoms with Crippen molar-refractivity contribution in [2.45, 2.75) is 25.5 Å². The minimum absolute atomic E-state index is 0.000462. The molecule has 3 rings (SSSR count). The second kappa shape index (κ2) is 6.03. The average molecular weight is 290 g/mol. The van der Waals surface area contributed by atoms with Gasteiger partial charge in [0.05, 0.1) is 6.10 Å². The summed E-state index contributed by atoms with van der Waals surface area (Å²) in [4.78, 5) is 14.0. The molecule has 5 nitrogen and oxygen atoms in total. The van der Waals surface area contributed by atoms with Crippen molar-refractivity contribution in [1.82, 2.24) is 4.90 Å². The Labute approximate surface area is 124 Å². The minimum Gasteiger partial charge on any atom is -0.484 e. The largest absolute Gasteiger partial charge is 0.484 e. The summed E-state index contributed by atoms with van der Waals surface area (Å²) in [7, 11) is 0. The lowest BCUT2D eigenvalue weighted by Gasteiger charge is -2.18. The number of hydrogen-bond donors (Lipinski definition) is 2. The van der Waals surface area contributed by atoms with Crippen molar-refractivity contribution in [1.29, 1.82) is 0 Å². The maximum Gasteiger partial charge on any atom is 0.260 e. The van der Waals surface area contributed by atoms with Crippen LogP contribution in [0.2, 0.25) is 0 Å². The van der Waals surface area contributed by atoms with Gasteiger partial charge < -0.3 is 20.5 Å². The number of carbonyl (C=O) groups excluding carboxylic acids is 1. The zero-order chi connectivity index (χ0) is 14.8. The number of ether oxygens (including phenoxy) is 1. The zero-order valence-electron chi connectivity index (χ0n) is 12.1. The summed E-state index contributed by atoms with van der Waals surface area (Å²) in [6.07, 6.45) is 1.66. The van der Waals surface area contributed by atoms with Crippen LogP contribution in [0, 0.1) is 11.8 Å². The van der Waals surface area contributed by atoms with E-state index in [0.29, 0.717) is 24.8 Å². The smallest absolute Gasteiger partial charge is 0.260 e. The predicted molar refractivity (Wildman–Crippen MR) is 78.6 cm³/mol. The molecule has 0 aromatic heterocycles. The molecule has 2 aliphatic rings. The van der Waals surface area contributed by atoms with Crippen molar-refractivity contribution >= 4 is 5.91 Å². The highest BCUT2D eigenvalue weighted by atomic mass is 16.5. The van der Waals surface area contributed by atoms with Gasteiger partial charge in [0.25, 0.3) is 5.91 Å². The first-order valence-electron chi connectivity index (χ1n) is 7.55. The number of nitrogens with two attached hydrogens (primary N) is 1. The van der Waals surface area contributed by atoms with Crippen LogP contribution in [0.3, 0.4) is 0 Å². The Morgan fingerprint density at radius 1 is 1.29 bits per heavy atom. The van der Waals surface area contributed by atoms with Crippen molar-refractivity contribution in [2.24, 2.45) is 17.6 Å². The van der Waals surface area contributed by atoms with E-state index in [1.807, 2.05) is 29.2 Å². The van der Waals surface area contributed by atoms with Gasteiger partial charge in [0, 0.05) is 25.6 Å². The Morgan fingerprint density at radius 2 is 2.05 bits per heavy atom. The molecule has 2 fully saturated rings. The second-order valence-corrected chi connectivity index (χ2v) is 6.00. The standard InChI is InChI=1S/C16H22N2O3/c17-7-11-1-4-13(5-2-11)21-10-16(20)18-8-12-3-6-15(19)14(12)9-18/h1-2,4-5,12,14-15,19H,3,6-10,17H2. The monoisotopic (exact) mass is 290 g/mol. The molecule has 3 unspecified atom stereocenters. The molecule has 0 bridgehead atoms. The van der Waals surface area contributed by atoms with Crippen LogP contribution in [-0.4, -0.2) is 41.7 Å². The molecule has 1 aromatic rings. The fourth-order valence-corrected chi connectivity index (χ4v) is 3.40. The summed E-state index contributed by atoms with van der Waals surface area (Å²) in [5.41, 5.74) is 6.58.